The molecule has 20 heavy (non-hydrogen) atoms. The number of nitrogens with zero attached hydrogens (tertiary/aromatic N) is 2. The Morgan fingerprint density at radius 1 is 1.40 bits per heavy atom. The highest BCUT2D eigenvalue weighted by Gasteiger charge is 2.33. The lowest BCUT2D eigenvalue weighted by atomic mass is 9.91. The van der Waals surface area contributed by atoms with Crippen LogP contribution in [0.3, 0.4) is 0 Å². The van der Waals surface area contributed by atoms with Gasteiger partial charge in [-0.2, -0.15) is 0 Å². The Labute approximate surface area is 119 Å². The molecule has 1 aliphatic rings. The number of rotatable bonds is 3. The van der Waals surface area contributed by atoms with Crippen molar-refractivity contribution in [2.75, 3.05) is 7.05 Å². The molecule has 5 nitrogen and oxygen atoms in total. The molecule has 0 saturated heterocycles. The van der Waals surface area contributed by atoms with Gasteiger partial charge in [-0.05, 0) is 19.8 Å². The summed E-state index contributed by atoms with van der Waals surface area (Å²) in [5, 5.41) is 14.0. The number of likely N-dealkylation sites (N-methyl/N-ethyl adjacent to an activating group) is 1. The van der Waals surface area contributed by atoms with Crippen LogP contribution in [0, 0.1) is 6.92 Å². The van der Waals surface area contributed by atoms with Crippen molar-refractivity contribution < 1.29 is 14.4 Å². The van der Waals surface area contributed by atoms with Crippen LogP contribution in [0.1, 0.15) is 67.3 Å². The maximum absolute atomic E-state index is 12.7. The fourth-order valence-electron chi connectivity index (χ4n) is 2.91. The molecule has 112 valence electrons. The van der Waals surface area contributed by atoms with Crippen molar-refractivity contribution in [3.63, 3.8) is 0 Å². The molecule has 1 aromatic heterocycles. The summed E-state index contributed by atoms with van der Waals surface area (Å²) in [5.74, 6) is 0.642. The molecule has 5 heteroatoms. The minimum absolute atomic E-state index is 0.0987. The SMILES string of the molecule is Cc1noc(C(C)C)c1C(=O)N(C)C1CCCCC1O. The van der Waals surface area contributed by atoms with Crippen LogP contribution < -0.4 is 0 Å². The maximum Gasteiger partial charge on any atom is 0.259 e. The van der Waals surface area contributed by atoms with Crippen LogP contribution in [-0.4, -0.2) is 40.3 Å². The van der Waals surface area contributed by atoms with Crippen LogP contribution in [0.25, 0.3) is 0 Å². The van der Waals surface area contributed by atoms with Gasteiger partial charge in [0.25, 0.3) is 5.91 Å². The maximum atomic E-state index is 12.7. The number of aromatic nitrogens is 1. The molecule has 0 radical (unpaired) electrons. The van der Waals surface area contributed by atoms with Crippen LogP contribution in [0.5, 0.6) is 0 Å². The van der Waals surface area contributed by atoms with Gasteiger partial charge in [0.2, 0.25) is 0 Å². The fourth-order valence-corrected chi connectivity index (χ4v) is 2.91. The van der Waals surface area contributed by atoms with Gasteiger partial charge >= 0.3 is 0 Å². The molecule has 1 fully saturated rings. The fraction of sp³-hybridized carbons (Fsp3) is 0.733. The minimum atomic E-state index is -0.430. The van der Waals surface area contributed by atoms with Crippen LogP contribution in [0.4, 0.5) is 0 Å². The second-order valence-electron chi connectivity index (χ2n) is 6.00. The van der Waals surface area contributed by atoms with Gasteiger partial charge in [0.1, 0.15) is 5.56 Å². The number of aliphatic hydroxyl groups excluding tert-OH is 1. The summed E-state index contributed by atoms with van der Waals surface area (Å²) in [4.78, 5) is 14.4. The van der Waals surface area contributed by atoms with E-state index in [4.69, 9.17) is 4.52 Å². The average molecular weight is 280 g/mol. The quantitative estimate of drug-likeness (QED) is 0.923. The molecule has 0 aliphatic heterocycles. The number of carbonyl (C=O) groups excluding carboxylic acids is 1. The number of aliphatic hydroxyl groups is 1. The van der Waals surface area contributed by atoms with E-state index in [9.17, 15) is 9.90 Å². The van der Waals surface area contributed by atoms with Gasteiger partial charge in [-0.15, -0.1) is 0 Å². The molecule has 1 amide bonds. The third kappa shape index (κ3) is 2.73. The third-order valence-electron chi connectivity index (χ3n) is 4.14. The molecular formula is C15H24N2O3. The lowest BCUT2D eigenvalue weighted by Gasteiger charge is -2.35. The van der Waals surface area contributed by atoms with E-state index in [-0.39, 0.29) is 17.9 Å². The summed E-state index contributed by atoms with van der Waals surface area (Å²) in [6.45, 7) is 5.74. The van der Waals surface area contributed by atoms with Gasteiger partial charge in [0, 0.05) is 13.0 Å². The summed E-state index contributed by atoms with van der Waals surface area (Å²) < 4.78 is 5.28. The van der Waals surface area contributed by atoms with Gasteiger partial charge in [-0.3, -0.25) is 4.79 Å². The first-order valence-electron chi connectivity index (χ1n) is 7.34. The molecule has 0 aromatic carbocycles. The molecule has 1 aliphatic carbocycles. The Morgan fingerprint density at radius 2 is 2.05 bits per heavy atom. The molecule has 1 saturated carbocycles. The highest BCUT2D eigenvalue weighted by Crippen LogP contribution is 2.27. The van der Waals surface area contributed by atoms with E-state index in [1.54, 1.807) is 18.9 Å². The molecule has 1 aromatic rings. The third-order valence-corrected chi connectivity index (χ3v) is 4.14. The van der Waals surface area contributed by atoms with Crippen molar-refractivity contribution in [3.05, 3.63) is 17.0 Å². The first-order chi connectivity index (χ1) is 9.43. The van der Waals surface area contributed by atoms with E-state index < -0.39 is 6.10 Å². The van der Waals surface area contributed by atoms with Crippen LogP contribution in [-0.2, 0) is 0 Å². The lowest BCUT2D eigenvalue weighted by Crippen LogP contribution is -2.46. The van der Waals surface area contributed by atoms with Gasteiger partial charge in [-0.25, -0.2) is 0 Å². The van der Waals surface area contributed by atoms with E-state index in [0.29, 0.717) is 17.0 Å². The van der Waals surface area contributed by atoms with Crippen LogP contribution in [0.15, 0.2) is 4.52 Å². The smallest absolute Gasteiger partial charge is 0.259 e. The average Bonchev–Trinajstić information content (AvgIpc) is 2.80. The summed E-state index contributed by atoms with van der Waals surface area (Å²) >= 11 is 0. The Balaban J connectivity index is 2.24. The Kier molecular flexibility index (Phi) is 4.48. The normalized spacial score (nSPS) is 23.1. The highest BCUT2D eigenvalue weighted by atomic mass is 16.5. The van der Waals surface area contributed by atoms with Crippen LogP contribution in [0.2, 0.25) is 0 Å². The molecular weight excluding hydrogens is 256 g/mol. The summed E-state index contributed by atoms with van der Waals surface area (Å²) in [7, 11) is 1.76. The first-order valence-corrected chi connectivity index (χ1v) is 7.34. The van der Waals surface area contributed by atoms with Gasteiger partial charge in [-0.1, -0.05) is 31.8 Å². The van der Waals surface area contributed by atoms with E-state index in [2.05, 4.69) is 5.16 Å². The van der Waals surface area contributed by atoms with Gasteiger partial charge in [0.15, 0.2) is 5.76 Å². The Hall–Kier alpha value is -1.36. The van der Waals surface area contributed by atoms with Crippen molar-refractivity contribution in [1.29, 1.82) is 0 Å². The first kappa shape index (κ1) is 15.0. The summed E-state index contributed by atoms with van der Waals surface area (Å²) in [6, 6.07) is -0.106. The Bertz CT molecular complexity index is 481. The monoisotopic (exact) mass is 280 g/mol. The number of amides is 1. The molecule has 0 bridgehead atoms. The van der Waals surface area contributed by atoms with Crippen molar-refractivity contribution in [1.82, 2.24) is 10.1 Å². The summed E-state index contributed by atoms with van der Waals surface area (Å²) in [6.07, 6.45) is 3.27. The summed E-state index contributed by atoms with van der Waals surface area (Å²) in [5.41, 5.74) is 1.18. The molecule has 2 rings (SSSR count). The second-order valence-corrected chi connectivity index (χ2v) is 6.00. The zero-order valence-electron chi connectivity index (χ0n) is 12.7. The molecule has 0 spiro atoms. The number of hydrogen-bond donors (Lipinski definition) is 1. The van der Waals surface area contributed by atoms with Gasteiger partial charge < -0.3 is 14.5 Å². The zero-order valence-corrected chi connectivity index (χ0v) is 12.7. The van der Waals surface area contributed by atoms with E-state index in [1.807, 2.05) is 13.8 Å². The molecule has 1 N–H and O–H groups in total. The van der Waals surface area contributed by atoms with Crippen molar-refractivity contribution in [2.45, 2.75) is 64.5 Å². The van der Waals surface area contributed by atoms with Gasteiger partial charge in [0.05, 0.1) is 17.8 Å². The number of carbonyl (C=O) groups is 1. The van der Waals surface area contributed by atoms with E-state index in [1.165, 1.54) is 0 Å². The zero-order chi connectivity index (χ0) is 14.9. The largest absolute Gasteiger partial charge is 0.391 e. The lowest BCUT2D eigenvalue weighted by molar-refractivity contribution is 0.0266. The predicted octanol–water partition coefficient (Wildman–Crippen LogP) is 2.48. The number of aryl methyl sites for hydroxylation is 1. The van der Waals surface area contributed by atoms with Crippen molar-refractivity contribution >= 4 is 5.91 Å². The standard InChI is InChI=1S/C15H24N2O3/c1-9(2)14-13(10(3)16-20-14)15(19)17(4)11-7-5-6-8-12(11)18/h9,11-12,18H,5-8H2,1-4H3. The minimum Gasteiger partial charge on any atom is -0.391 e. The van der Waals surface area contributed by atoms with Crippen LogP contribution >= 0.6 is 0 Å². The van der Waals surface area contributed by atoms with E-state index >= 15 is 0 Å². The van der Waals surface area contributed by atoms with E-state index in [0.717, 1.165) is 25.7 Å². The molecule has 2 atom stereocenters. The topological polar surface area (TPSA) is 66.6 Å². The van der Waals surface area contributed by atoms with Crippen molar-refractivity contribution in [2.24, 2.45) is 0 Å². The predicted molar refractivity (Wildman–Crippen MR) is 75.7 cm³/mol. The Morgan fingerprint density at radius 3 is 2.65 bits per heavy atom. The number of hydrogen-bond acceptors (Lipinski definition) is 4. The van der Waals surface area contributed by atoms with Crippen molar-refractivity contribution in [3.8, 4) is 0 Å². The highest BCUT2D eigenvalue weighted by molar-refractivity contribution is 5.96. The second kappa shape index (κ2) is 5.95. The molecule has 2 unspecified atom stereocenters. The molecule has 1 heterocycles.